The molecule has 2 N–H and O–H groups in total. The van der Waals surface area contributed by atoms with Gasteiger partial charge in [0.15, 0.2) is 0 Å². The molecule has 21 heavy (non-hydrogen) atoms. The third kappa shape index (κ3) is 2.58. The van der Waals surface area contributed by atoms with Gasteiger partial charge in [-0.1, -0.05) is 18.9 Å². The van der Waals surface area contributed by atoms with Gasteiger partial charge in [0.05, 0.1) is 4.90 Å². The zero-order chi connectivity index (χ0) is 15.1. The number of sulfonamides is 1. The van der Waals surface area contributed by atoms with Gasteiger partial charge in [-0.05, 0) is 55.4 Å². The van der Waals surface area contributed by atoms with Gasteiger partial charge in [-0.3, -0.25) is 4.79 Å². The maximum Gasteiger partial charge on any atom is 0.324 e. The van der Waals surface area contributed by atoms with E-state index in [1.165, 1.54) is 5.56 Å². The van der Waals surface area contributed by atoms with E-state index in [1.54, 1.807) is 12.1 Å². The number of carboxylic acid groups (broad SMARTS) is 1. The number of carboxylic acids is 1. The molecule has 0 aliphatic heterocycles. The van der Waals surface area contributed by atoms with Crippen molar-refractivity contribution in [3.05, 3.63) is 29.3 Å². The van der Waals surface area contributed by atoms with Crippen molar-refractivity contribution in [3.63, 3.8) is 0 Å². The van der Waals surface area contributed by atoms with Crippen LogP contribution >= 0.6 is 0 Å². The molecule has 0 aromatic heterocycles. The van der Waals surface area contributed by atoms with Gasteiger partial charge in [0.25, 0.3) is 0 Å². The summed E-state index contributed by atoms with van der Waals surface area (Å²) in [4.78, 5) is 11.7. The number of rotatable bonds is 4. The molecule has 0 amide bonds. The van der Waals surface area contributed by atoms with Crippen molar-refractivity contribution >= 4 is 16.0 Å². The number of hydrogen-bond acceptors (Lipinski definition) is 3. The Balaban J connectivity index is 1.92. The van der Waals surface area contributed by atoms with Crippen LogP contribution in [-0.4, -0.2) is 25.0 Å². The van der Waals surface area contributed by atoms with Crippen LogP contribution in [0.25, 0.3) is 0 Å². The highest BCUT2D eigenvalue weighted by Gasteiger charge is 2.44. The smallest absolute Gasteiger partial charge is 0.324 e. The van der Waals surface area contributed by atoms with Crippen LogP contribution < -0.4 is 4.72 Å². The van der Waals surface area contributed by atoms with Crippen LogP contribution in [0.2, 0.25) is 0 Å². The van der Waals surface area contributed by atoms with Crippen LogP contribution in [0.5, 0.6) is 0 Å². The SMILES string of the molecule is O=C(O)C1(NS(=O)(=O)c2ccc3c(c2)CCC3)CCCC1. The Kier molecular flexibility index (Phi) is 3.53. The fourth-order valence-corrected chi connectivity index (χ4v) is 4.84. The molecule has 2 aliphatic rings. The standard InChI is InChI=1S/C15H19NO4S/c17-14(18)15(8-1-2-9-15)16-21(19,20)13-7-6-11-4-3-5-12(11)10-13/h6-7,10,16H,1-5,8-9H2,(H,17,18). The molecular weight excluding hydrogens is 290 g/mol. The van der Waals surface area contributed by atoms with Crippen LogP contribution in [0.15, 0.2) is 23.1 Å². The fraction of sp³-hybridized carbons (Fsp3) is 0.533. The molecule has 114 valence electrons. The molecule has 0 saturated heterocycles. The van der Waals surface area contributed by atoms with Gasteiger partial charge >= 0.3 is 5.97 Å². The van der Waals surface area contributed by atoms with Crippen molar-refractivity contribution in [2.45, 2.75) is 55.4 Å². The van der Waals surface area contributed by atoms with Crippen molar-refractivity contribution in [2.75, 3.05) is 0 Å². The Hall–Kier alpha value is -1.40. The molecule has 1 fully saturated rings. The largest absolute Gasteiger partial charge is 0.480 e. The number of benzene rings is 1. The first-order valence-electron chi connectivity index (χ1n) is 7.32. The van der Waals surface area contributed by atoms with Gasteiger partial charge in [-0.15, -0.1) is 0 Å². The first kappa shape index (κ1) is 14.5. The molecule has 0 spiro atoms. The van der Waals surface area contributed by atoms with E-state index in [1.807, 2.05) is 6.07 Å². The minimum Gasteiger partial charge on any atom is -0.480 e. The minimum atomic E-state index is -3.80. The number of carbonyl (C=O) groups is 1. The number of nitrogens with one attached hydrogen (secondary N) is 1. The van der Waals surface area contributed by atoms with Crippen molar-refractivity contribution in [1.29, 1.82) is 0 Å². The molecule has 1 aromatic rings. The number of hydrogen-bond donors (Lipinski definition) is 2. The zero-order valence-electron chi connectivity index (χ0n) is 11.8. The molecule has 5 nitrogen and oxygen atoms in total. The highest BCUT2D eigenvalue weighted by molar-refractivity contribution is 7.89. The summed E-state index contributed by atoms with van der Waals surface area (Å²) in [6.07, 6.45) is 5.10. The summed E-state index contributed by atoms with van der Waals surface area (Å²) in [6, 6.07) is 5.12. The number of fused-ring (bicyclic) bond motifs is 1. The fourth-order valence-electron chi connectivity index (χ4n) is 3.37. The summed E-state index contributed by atoms with van der Waals surface area (Å²) < 4.78 is 27.5. The summed E-state index contributed by atoms with van der Waals surface area (Å²) in [7, 11) is -3.80. The van der Waals surface area contributed by atoms with Crippen molar-refractivity contribution < 1.29 is 18.3 Å². The lowest BCUT2D eigenvalue weighted by molar-refractivity contribution is -0.143. The van der Waals surface area contributed by atoms with Crippen LogP contribution in [-0.2, 0) is 27.7 Å². The molecule has 2 aliphatic carbocycles. The van der Waals surface area contributed by atoms with Gasteiger partial charge in [0, 0.05) is 0 Å². The summed E-state index contributed by atoms with van der Waals surface area (Å²) in [6.45, 7) is 0. The topological polar surface area (TPSA) is 83.5 Å². The number of aryl methyl sites for hydroxylation is 2. The number of aliphatic carboxylic acids is 1. The summed E-state index contributed by atoms with van der Waals surface area (Å²) in [5.74, 6) is -1.08. The Morgan fingerprint density at radius 1 is 1.10 bits per heavy atom. The molecule has 0 atom stereocenters. The summed E-state index contributed by atoms with van der Waals surface area (Å²) in [5.41, 5.74) is 0.925. The first-order valence-corrected chi connectivity index (χ1v) is 8.80. The molecular formula is C15H19NO4S. The second-order valence-electron chi connectivity index (χ2n) is 5.98. The molecule has 6 heteroatoms. The van der Waals surface area contributed by atoms with Gasteiger partial charge in [0.2, 0.25) is 10.0 Å². The van der Waals surface area contributed by atoms with Crippen LogP contribution in [0.3, 0.4) is 0 Å². The van der Waals surface area contributed by atoms with Crippen molar-refractivity contribution in [2.24, 2.45) is 0 Å². The molecule has 0 heterocycles. The van der Waals surface area contributed by atoms with E-state index in [2.05, 4.69) is 4.72 Å². The first-order chi connectivity index (χ1) is 9.93. The quantitative estimate of drug-likeness (QED) is 0.889. The third-order valence-corrected chi connectivity index (χ3v) is 6.11. The maximum absolute atomic E-state index is 12.5. The van der Waals surface area contributed by atoms with Gasteiger partial charge in [-0.25, -0.2) is 8.42 Å². The van der Waals surface area contributed by atoms with E-state index in [0.717, 1.165) is 37.7 Å². The second kappa shape index (κ2) is 5.10. The molecule has 3 rings (SSSR count). The van der Waals surface area contributed by atoms with Crippen molar-refractivity contribution in [1.82, 2.24) is 4.72 Å². The molecule has 1 aromatic carbocycles. The Morgan fingerprint density at radius 3 is 2.43 bits per heavy atom. The van der Waals surface area contributed by atoms with Crippen molar-refractivity contribution in [3.8, 4) is 0 Å². The lowest BCUT2D eigenvalue weighted by Gasteiger charge is -2.25. The van der Waals surface area contributed by atoms with Crippen LogP contribution in [0.4, 0.5) is 0 Å². The van der Waals surface area contributed by atoms with Gasteiger partial charge < -0.3 is 5.11 Å². The van der Waals surface area contributed by atoms with E-state index in [4.69, 9.17) is 0 Å². The van der Waals surface area contributed by atoms with E-state index < -0.39 is 21.5 Å². The highest BCUT2D eigenvalue weighted by atomic mass is 32.2. The molecule has 0 bridgehead atoms. The maximum atomic E-state index is 12.5. The molecule has 0 unspecified atom stereocenters. The Labute approximate surface area is 124 Å². The Morgan fingerprint density at radius 2 is 1.76 bits per heavy atom. The molecule has 0 radical (unpaired) electrons. The van der Waals surface area contributed by atoms with Gasteiger partial charge in [0.1, 0.15) is 5.54 Å². The predicted octanol–water partition coefficient (Wildman–Crippen LogP) is 1.85. The van der Waals surface area contributed by atoms with Gasteiger partial charge in [-0.2, -0.15) is 4.72 Å². The van der Waals surface area contributed by atoms with E-state index in [0.29, 0.717) is 12.8 Å². The average molecular weight is 309 g/mol. The van der Waals surface area contributed by atoms with E-state index in [-0.39, 0.29) is 4.90 Å². The third-order valence-electron chi connectivity index (χ3n) is 4.58. The zero-order valence-corrected chi connectivity index (χ0v) is 12.6. The summed E-state index contributed by atoms with van der Waals surface area (Å²) in [5, 5.41) is 9.40. The normalized spacial score (nSPS) is 20.4. The Bertz CT molecular complexity index is 675. The lowest BCUT2D eigenvalue weighted by atomic mass is 10.0. The second-order valence-corrected chi connectivity index (χ2v) is 7.67. The van der Waals surface area contributed by atoms with E-state index in [9.17, 15) is 18.3 Å². The lowest BCUT2D eigenvalue weighted by Crippen LogP contribution is -2.52. The minimum absolute atomic E-state index is 0.177. The van der Waals surface area contributed by atoms with E-state index >= 15 is 0 Å². The molecule has 1 saturated carbocycles. The van der Waals surface area contributed by atoms with Crippen LogP contribution in [0, 0.1) is 0 Å². The summed E-state index contributed by atoms with van der Waals surface area (Å²) >= 11 is 0. The highest BCUT2D eigenvalue weighted by Crippen LogP contribution is 2.32. The average Bonchev–Trinajstić information content (AvgIpc) is 3.06. The monoisotopic (exact) mass is 309 g/mol. The predicted molar refractivity (Wildman–Crippen MR) is 77.6 cm³/mol. The van der Waals surface area contributed by atoms with Crippen LogP contribution in [0.1, 0.15) is 43.2 Å².